The van der Waals surface area contributed by atoms with Crippen molar-refractivity contribution in [3.05, 3.63) is 42.5 Å². The summed E-state index contributed by atoms with van der Waals surface area (Å²) in [6, 6.07) is 8.01. The molecular formula is C14H14N4OS. The molecule has 2 heterocycles. The van der Waals surface area contributed by atoms with Crippen molar-refractivity contribution in [1.82, 2.24) is 19.9 Å². The topological polar surface area (TPSA) is 63.7 Å². The summed E-state index contributed by atoms with van der Waals surface area (Å²) in [4.78, 5) is 15.5. The molecule has 0 saturated heterocycles. The van der Waals surface area contributed by atoms with Gasteiger partial charge in [0.1, 0.15) is 22.6 Å². The first-order valence-corrected chi connectivity index (χ1v) is 7.28. The highest BCUT2D eigenvalue weighted by Crippen LogP contribution is 2.22. The van der Waals surface area contributed by atoms with Crippen LogP contribution in [0.3, 0.4) is 0 Å². The summed E-state index contributed by atoms with van der Waals surface area (Å²) >= 11 is 1.63. The van der Waals surface area contributed by atoms with Gasteiger partial charge in [-0.3, -0.25) is 0 Å². The Morgan fingerprint density at radius 2 is 2.10 bits per heavy atom. The van der Waals surface area contributed by atoms with Crippen molar-refractivity contribution in [3.8, 4) is 5.75 Å². The number of aryl methyl sites for hydroxylation is 1. The van der Waals surface area contributed by atoms with Crippen molar-refractivity contribution in [1.29, 1.82) is 0 Å². The highest BCUT2D eigenvalue weighted by atomic mass is 32.2. The number of nitrogens with zero attached hydrogens (tertiary/aromatic N) is 3. The van der Waals surface area contributed by atoms with Gasteiger partial charge in [-0.1, -0.05) is 18.2 Å². The third-order valence-electron chi connectivity index (χ3n) is 2.86. The predicted molar refractivity (Wildman–Crippen MR) is 79.1 cm³/mol. The van der Waals surface area contributed by atoms with Gasteiger partial charge in [-0.25, -0.2) is 15.0 Å². The summed E-state index contributed by atoms with van der Waals surface area (Å²) in [5.41, 5.74) is 2.73. The van der Waals surface area contributed by atoms with Crippen molar-refractivity contribution in [3.63, 3.8) is 0 Å². The number of para-hydroxylation sites is 1. The van der Waals surface area contributed by atoms with Crippen LogP contribution in [0, 0.1) is 6.92 Å². The van der Waals surface area contributed by atoms with Crippen molar-refractivity contribution in [2.24, 2.45) is 0 Å². The van der Waals surface area contributed by atoms with Crippen LogP contribution in [-0.2, 0) is 0 Å². The monoisotopic (exact) mass is 286 g/mol. The second kappa shape index (κ2) is 5.92. The summed E-state index contributed by atoms with van der Waals surface area (Å²) in [7, 11) is 0. The number of thioether (sulfide) groups is 1. The third-order valence-corrected chi connectivity index (χ3v) is 3.82. The van der Waals surface area contributed by atoms with E-state index in [0.29, 0.717) is 12.3 Å². The van der Waals surface area contributed by atoms with Crippen LogP contribution in [0.1, 0.15) is 5.56 Å². The Labute approximate surface area is 120 Å². The number of aromatic nitrogens is 4. The number of nitrogens with one attached hydrogen (secondary N) is 1. The summed E-state index contributed by atoms with van der Waals surface area (Å²) in [5, 5.41) is 0.904. The molecule has 0 fully saturated rings. The summed E-state index contributed by atoms with van der Waals surface area (Å²) < 4.78 is 5.76. The predicted octanol–water partition coefficient (Wildman–Crippen LogP) is 2.83. The van der Waals surface area contributed by atoms with Crippen molar-refractivity contribution in [2.45, 2.75) is 11.9 Å². The lowest BCUT2D eigenvalue weighted by atomic mass is 10.2. The number of benzene rings is 1. The van der Waals surface area contributed by atoms with Crippen LogP contribution >= 0.6 is 11.8 Å². The van der Waals surface area contributed by atoms with Crippen molar-refractivity contribution in [2.75, 3.05) is 12.4 Å². The van der Waals surface area contributed by atoms with Gasteiger partial charge in [0.15, 0.2) is 5.65 Å². The third kappa shape index (κ3) is 2.75. The first-order chi connectivity index (χ1) is 9.84. The molecule has 0 atom stereocenters. The quantitative estimate of drug-likeness (QED) is 0.444. The van der Waals surface area contributed by atoms with Crippen LogP contribution < -0.4 is 4.74 Å². The number of aromatic amines is 1. The smallest absolute Gasteiger partial charge is 0.181 e. The molecule has 1 N–H and O–H groups in total. The van der Waals surface area contributed by atoms with E-state index in [1.807, 2.05) is 31.2 Å². The fourth-order valence-corrected chi connectivity index (χ4v) is 2.64. The minimum atomic E-state index is 0.634. The number of imidazole rings is 1. The summed E-state index contributed by atoms with van der Waals surface area (Å²) in [5.74, 6) is 1.75. The molecule has 2 aromatic heterocycles. The maximum atomic E-state index is 5.76. The Balaban J connectivity index is 1.58. The molecule has 0 unspecified atom stereocenters. The van der Waals surface area contributed by atoms with Gasteiger partial charge in [0, 0.05) is 5.75 Å². The second-order valence-corrected chi connectivity index (χ2v) is 5.33. The van der Waals surface area contributed by atoms with Gasteiger partial charge >= 0.3 is 0 Å². The van der Waals surface area contributed by atoms with Gasteiger partial charge in [-0.15, -0.1) is 11.8 Å². The van der Waals surface area contributed by atoms with E-state index in [2.05, 4.69) is 19.9 Å². The molecular weight excluding hydrogens is 272 g/mol. The fraction of sp³-hybridized carbons (Fsp3) is 0.214. The number of ether oxygens (including phenoxy) is 1. The number of hydrogen-bond acceptors (Lipinski definition) is 5. The van der Waals surface area contributed by atoms with E-state index >= 15 is 0 Å². The zero-order valence-corrected chi connectivity index (χ0v) is 11.9. The second-order valence-electron chi connectivity index (χ2n) is 4.24. The van der Waals surface area contributed by atoms with Gasteiger partial charge in [-0.05, 0) is 18.6 Å². The minimum Gasteiger partial charge on any atom is -0.492 e. The van der Waals surface area contributed by atoms with E-state index < -0.39 is 0 Å². The molecule has 0 radical (unpaired) electrons. The molecule has 0 spiro atoms. The molecule has 0 aliphatic rings. The van der Waals surface area contributed by atoms with E-state index in [1.165, 1.54) is 6.33 Å². The van der Waals surface area contributed by atoms with Gasteiger partial charge < -0.3 is 9.72 Å². The molecule has 3 aromatic rings. The first kappa shape index (κ1) is 12.9. The van der Waals surface area contributed by atoms with Gasteiger partial charge in [-0.2, -0.15) is 0 Å². The van der Waals surface area contributed by atoms with E-state index in [9.17, 15) is 0 Å². The standard InChI is InChI=1S/C14H14N4OS/c1-10-4-2-3-5-11(10)19-6-7-20-14-12-13(16-8-15-12)17-9-18-14/h2-5,8-9H,6-7H2,1H3,(H,15,16,17,18). The van der Waals surface area contributed by atoms with Crippen LogP contribution in [0.2, 0.25) is 0 Å². The highest BCUT2D eigenvalue weighted by Gasteiger charge is 2.06. The lowest BCUT2D eigenvalue weighted by molar-refractivity contribution is 0.341. The molecule has 0 amide bonds. The van der Waals surface area contributed by atoms with Gasteiger partial charge in [0.05, 0.1) is 12.9 Å². The highest BCUT2D eigenvalue weighted by molar-refractivity contribution is 7.99. The van der Waals surface area contributed by atoms with E-state index in [-0.39, 0.29) is 0 Å². The molecule has 0 saturated carbocycles. The Morgan fingerprint density at radius 1 is 1.20 bits per heavy atom. The SMILES string of the molecule is Cc1ccccc1OCCSc1ncnc2nc[nH]c12. The Bertz CT molecular complexity index is 713. The average Bonchev–Trinajstić information content (AvgIpc) is 2.94. The fourth-order valence-electron chi connectivity index (χ4n) is 1.86. The number of H-pyrrole nitrogens is 1. The van der Waals surface area contributed by atoms with E-state index in [1.54, 1.807) is 18.1 Å². The summed E-state index contributed by atoms with van der Waals surface area (Å²) in [6.45, 7) is 2.68. The lowest BCUT2D eigenvalue weighted by Crippen LogP contribution is -2.01. The summed E-state index contributed by atoms with van der Waals surface area (Å²) in [6.07, 6.45) is 3.17. The van der Waals surface area contributed by atoms with Crippen LogP contribution in [0.15, 0.2) is 41.9 Å². The molecule has 0 aliphatic heterocycles. The van der Waals surface area contributed by atoms with Crippen molar-refractivity contribution >= 4 is 22.9 Å². The van der Waals surface area contributed by atoms with Crippen LogP contribution in [0.4, 0.5) is 0 Å². The number of hydrogen-bond donors (Lipinski definition) is 1. The molecule has 5 nitrogen and oxygen atoms in total. The molecule has 0 bridgehead atoms. The van der Waals surface area contributed by atoms with Gasteiger partial charge in [0.2, 0.25) is 0 Å². The Morgan fingerprint density at radius 3 is 3.00 bits per heavy atom. The molecule has 6 heteroatoms. The molecule has 20 heavy (non-hydrogen) atoms. The van der Waals surface area contributed by atoms with Gasteiger partial charge in [0.25, 0.3) is 0 Å². The molecule has 3 rings (SSSR count). The van der Waals surface area contributed by atoms with Crippen LogP contribution in [0.5, 0.6) is 5.75 Å². The zero-order valence-electron chi connectivity index (χ0n) is 11.0. The number of fused-ring (bicyclic) bond motifs is 1. The molecule has 102 valence electrons. The van der Waals surface area contributed by atoms with E-state index in [0.717, 1.165) is 27.6 Å². The average molecular weight is 286 g/mol. The zero-order chi connectivity index (χ0) is 13.8. The minimum absolute atomic E-state index is 0.634. The maximum absolute atomic E-state index is 5.76. The molecule has 1 aromatic carbocycles. The lowest BCUT2D eigenvalue weighted by Gasteiger charge is -2.08. The van der Waals surface area contributed by atoms with Crippen LogP contribution in [0.25, 0.3) is 11.2 Å². The Kier molecular flexibility index (Phi) is 3.83. The molecule has 0 aliphatic carbocycles. The normalized spacial score (nSPS) is 10.8. The number of rotatable bonds is 5. The first-order valence-electron chi connectivity index (χ1n) is 6.30. The largest absolute Gasteiger partial charge is 0.492 e. The van der Waals surface area contributed by atoms with E-state index in [4.69, 9.17) is 4.74 Å². The maximum Gasteiger partial charge on any atom is 0.181 e. The Hall–Kier alpha value is -2.08. The van der Waals surface area contributed by atoms with Crippen molar-refractivity contribution < 1.29 is 4.74 Å². The van der Waals surface area contributed by atoms with Crippen LogP contribution in [-0.4, -0.2) is 32.3 Å².